The molecule has 26 heavy (non-hydrogen) atoms. The molecule has 1 aromatic rings. The van der Waals surface area contributed by atoms with Gasteiger partial charge < -0.3 is 14.8 Å². The highest BCUT2D eigenvalue weighted by atomic mass is 35.5. The highest BCUT2D eigenvalue weighted by molar-refractivity contribution is 6.32. The number of halogens is 1. The van der Waals surface area contributed by atoms with Crippen LogP contribution in [0.3, 0.4) is 0 Å². The molecule has 0 aromatic heterocycles. The number of carbonyl (C=O) groups is 1. The van der Waals surface area contributed by atoms with Crippen molar-refractivity contribution in [3.8, 4) is 29.9 Å². The van der Waals surface area contributed by atoms with Crippen molar-refractivity contribution in [3.63, 3.8) is 0 Å². The van der Waals surface area contributed by atoms with Crippen molar-refractivity contribution in [1.82, 2.24) is 5.32 Å². The molecule has 1 saturated carbocycles. The van der Waals surface area contributed by atoms with Crippen molar-refractivity contribution >= 4 is 23.6 Å². The van der Waals surface area contributed by atoms with E-state index in [1.165, 1.54) is 6.08 Å². The molecule has 0 atom stereocenters. The minimum absolute atomic E-state index is 0.0210. The Bertz CT molecular complexity index is 768. The summed E-state index contributed by atoms with van der Waals surface area (Å²) in [7, 11) is 0. The van der Waals surface area contributed by atoms with Gasteiger partial charge in [-0.1, -0.05) is 30.4 Å². The first-order valence-electron chi connectivity index (χ1n) is 8.54. The summed E-state index contributed by atoms with van der Waals surface area (Å²) < 4.78 is 11.0. The molecule has 1 N–H and O–H groups in total. The van der Waals surface area contributed by atoms with Crippen molar-refractivity contribution in [3.05, 3.63) is 28.3 Å². The topological polar surface area (TPSA) is 71.3 Å². The molecule has 0 saturated heterocycles. The minimum atomic E-state index is -0.374. The molecule has 6 heteroatoms. The van der Waals surface area contributed by atoms with Gasteiger partial charge in [0, 0.05) is 6.04 Å². The van der Waals surface area contributed by atoms with E-state index in [4.69, 9.17) is 27.5 Å². The Kier molecular flexibility index (Phi) is 7.38. The van der Waals surface area contributed by atoms with Gasteiger partial charge in [0.05, 0.1) is 11.6 Å². The lowest BCUT2D eigenvalue weighted by Crippen LogP contribution is -2.33. The number of rotatable bonds is 7. The van der Waals surface area contributed by atoms with E-state index in [1.54, 1.807) is 12.1 Å². The lowest BCUT2D eigenvalue weighted by molar-refractivity contribution is -0.117. The minimum Gasteiger partial charge on any atom is -0.490 e. The summed E-state index contributed by atoms with van der Waals surface area (Å²) in [4.78, 5) is 12.3. The fraction of sp³-hybridized carbons (Fsp3) is 0.400. The largest absolute Gasteiger partial charge is 0.490 e. The van der Waals surface area contributed by atoms with Crippen LogP contribution in [0.4, 0.5) is 0 Å². The Morgan fingerprint density at radius 3 is 2.77 bits per heavy atom. The molecular weight excluding hydrogens is 352 g/mol. The zero-order valence-corrected chi connectivity index (χ0v) is 15.4. The van der Waals surface area contributed by atoms with Gasteiger partial charge in [0.15, 0.2) is 11.5 Å². The lowest BCUT2D eigenvalue weighted by atomic mass is 10.1. The first kappa shape index (κ1) is 19.7. The lowest BCUT2D eigenvalue weighted by Gasteiger charge is -2.14. The molecular formula is C20H21ClN2O3. The molecule has 1 fully saturated rings. The number of terminal acetylenes is 1. The number of benzene rings is 1. The fourth-order valence-corrected chi connectivity index (χ4v) is 3.11. The number of nitrogens with one attached hydrogen (secondary N) is 1. The Morgan fingerprint density at radius 2 is 2.15 bits per heavy atom. The van der Waals surface area contributed by atoms with E-state index >= 15 is 0 Å². The van der Waals surface area contributed by atoms with E-state index < -0.39 is 0 Å². The normalized spacial score (nSPS) is 14.4. The van der Waals surface area contributed by atoms with Gasteiger partial charge >= 0.3 is 0 Å². The summed E-state index contributed by atoms with van der Waals surface area (Å²) in [6, 6.07) is 5.37. The number of ether oxygens (including phenoxy) is 2. The van der Waals surface area contributed by atoms with Gasteiger partial charge in [-0.15, -0.1) is 6.42 Å². The number of carbonyl (C=O) groups excluding carboxylic acids is 1. The molecule has 1 aromatic carbocycles. The Hall–Kier alpha value is -2.63. The maximum Gasteiger partial charge on any atom is 0.262 e. The van der Waals surface area contributed by atoms with Gasteiger partial charge in [0.2, 0.25) is 0 Å². The summed E-state index contributed by atoms with van der Waals surface area (Å²) in [6.45, 7) is 2.29. The second-order valence-corrected chi connectivity index (χ2v) is 6.29. The predicted molar refractivity (Wildman–Crippen MR) is 101 cm³/mol. The van der Waals surface area contributed by atoms with Crippen molar-refractivity contribution in [1.29, 1.82) is 5.26 Å². The molecule has 1 aliphatic carbocycles. The molecule has 0 aliphatic heterocycles. The molecule has 0 bridgehead atoms. The SMILES string of the molecule is C#CCOc1c(Cl)cc(C=C(C#N)C(=O)NC2CCCC2)cc1OCC. The maximum absolute atomic E-state index is 12.3. The number of hydrogen-bond donors (Lipinski definition) is 1. The molecule has 0 radical (unpaired) electrons. The van der Waals surface area contributed by atoms with Gasteiger partial charge in [-0.3, -0.25) is 4.79 Å². The second kappa shape index (κ2) is 9.75. The van der Waals surface area contributed by atoms with Crippen LogP contribution < -0.4 is 14.8 Å². The summed E-state index contributed by atoms with van der Waals surface area (Å²) in [6.07, 6.45) is 10.8. The Morgan fingerprint density at radius 1 is 1.42 bits per heavy atom. The number of nitrogens with zero attached hydrogens (tertiary/aromatic N) is 1. The van der Waals surface area contributed by atoms with Crippen LogP contribution >= 0.6 is 11.6 Å². The third kappa shape index (κ3) is 5.18. The molecule has 0 unspecified atom stereocenters. The summed E-state index contributed by atoms with van der Waals surface area (Å²) in [5.41, 5.74) is 0.595. The van der Waals surface area contributed by atoms with Crippen molar-refractivity contribution in [2.75, 3.05) is 13.2 Å². The highest BCUT2D eigenvalue weighted by Gasteiger charge is 2.20. The zero-order valence-electron chi connectivity index (χ0n) is 14.7. The standard InChI is InChI=1S/C20H21ClN2O3/c1-3-9-26-19-17(21)11-14(12-18(19)25-4-2)10-15(13-22)20(24)23-16-7-5-6-8-16/h1,10-12,16H,4-9H2,2H3,(H,23,24). The average Bonchev–Trinajstić information content (AvgIpc) is 3.12. The van der Waals surface area contributed by atoms with Crippen LogP contribution in [0.25, 0.3) is 6.08 Å². The van der Waals surface area contributed by atoms with Gasteiger partial charge in [0.25, 0.3) is 5.91 Å². The maximum atomic E-state index is 12.3. The second-order valence-electron chi connectivity index (χ2n) is 5.88. The highest BCUT2D eigenvalue weighted by Crippen LogP contribution is 2.37. The third-order valence-corrected chi connectivity index (χ3v) is 4.28. The number of hydrogen-bond acceptors (Lipinski definition) is 4. The van der Waals surface area contributed by atoms with Crippen LogP contribution in [0, 0.1) is 23.7 Å². The molecule has 0 spiro atoms. The third-order valence-electron chi connectivity index (χ3n) is 4.00. The van der Waals surface area contributed by atoms with Gasteiger partial charge in [-0.2, -0.15) is 5.26 Å². The van der Waals surface area contributed by atoms with Crippen LogP contribution in [0.2, 0.25) is 5.02 Å². The monoisotopic (exact) mass is 372 g/mol. The Balaban J connectivity index is 2.27. The summed E-state index contributed by atoms with van der Waals surface area (Å²) in [5.74, 6) is 2.76. The van der Waals surface area contributed by atoms with E-state index in [1.807, 2.05) is 13.0 Å². The zero-order chi connectivity index (χ0) is 18.9. The van der Waals surface area contributed by atoms with E-state index in [-0.39, 0.29) is 24.1 Å². The first-order chi connectivity index (χ1) is 12.6. The van der Waals surface area contributed by atoms with E-state index in [0.29, 0.717) is 28.7 Å². The summed E-state index contributed by atoms with van der Waals surface area (Å²) >= 11 is 6.26. The average molecular weight is 373 g/mol. The molecule has 1 aliphatic rings. The number of amides is 1. The molecule has 5 nitrogen and oxygen atoms in total. The van der Waals surface area contributed by atoms with Crippen LogP contribution in [-0.4, -0.2) is 25.2 Å². The molecule has 2 rings (SSSR count). The molecule has 0 heterocycles. The van der Waals surface area contributed by atoms with Crippen LogP contribution in [-0.2, 0) is 4.79 Å². The van der Waals surface area contributed by atoms with Crippen LogP contribution in [0.15, 0.2) is 17.7 Å². The van der Waals surface area contributed by atoms with Crippen LogP contribution in [0.1, 0.15) is 38.2 Å². The Labute approximate surface area is 158 Å². The van der Waals surface area contributed by atoms with E-state index in [0.717, 1.165) is 25.7 Å². The van der Waals surface area contributed by atoms with Crippen molar-refractivity contribution < 1.29 is 14.3 Å². The van der Waals surface area contributed by atoms with Gasteiger partial charge in [0.1, 0.15) is 18.2 Å². The van der Waals surface area contributed by atoms with Gasteiger partial charge in [-0.25, -0.2) is 0 Å². The van der Waals surface area contributed by atoms with E-state index in [9.17, 15) is 10.1 Å². The quantitative estimate of drug-likeness (QED) is 0.450. The van der Waals surface area contributed by atoms with Crippen molar-refractivity contribution in [2.45, 2.75) is 38.6 Å². The first-order valence-corrected chi connectivity index (χ1v) is 8.92. The van der Waals surface area contributed by atoms with Crippen molar-refractivity contribution in [2.24, 2.45) is 0 Å². The molecule has 136 valence electrons. The van der Waals surface area contributed by atoms with E-state index in [2.05, 4.69) is 11.2 Å². The molecule has 1 amide bonds. The summed E-state index contributed by atoms with van der Waals surface area (Å²) in [5, 5.41) is 12.6. The number of nitriles is 1. The predicted octanol–water partition coefficient (Wildman–Crippen LogP) is 3.72. The smallest absolute Gasteiger partial charge is 0.262 e. The van der Waals surface area contributed by atoms with Crippen LogP contribution in [0.5, 0.6) is 11.5 Å². The fourth-order valence-electron chi connectivity index (χ4n) is 2.84. The van der Waals surface area contributed by atoms with Gasteiger partial charge in [-0.05, 0) is 43.5 Å².